The van der Waals surface area contributed by atoms with Gasteiger partial charge in [0.25, 0.3) is 0 Å². The van der Waals surface area contributed by atoms with E-state index in [1.807, 2.05) is 13.8 Å². The monoisotopic (exact) mass is 293 g/mol. The van der Waals surface area contributed by atoms with Gasteiger partial charge in [0.2, 0.25) is 10.0 Å². The summed E-state index contributed by atoms with van der Waals surface area (Å²) in [4.78, 5) is -0.778. The molecule has 4 nitrogen and oxygen atoms in total. The molecule has 0 heterocycles. The molecule has 108 valence electrons. The van der Waals surface area contributed by atoms with Gasteiger partial charge < -0.3 is 5.11 Å². The lowest BCUT2D eigenvalue weighted by molar-refractivity contribution is 0.280. The Balaban J connectivity index is 3.10. The Bertz CT molecular complexity index is 546. The first-order valence-corrected chi connectivity index (χ1v) is 7.38. The minimum Gasteiger partial charge on any atom is -0.392 e. The van der Waals surface area contributed by atoms with E-state index < -0.39 is 33.2 Å². The summed E-state index contributed by atoms with van der Waals surface area (Å²) in [6, 6.07) is 1.69. The van der Waals surface area contributed by atoms with Crippen molar-refractivity contribution < 1.29 is 22.3 Å². The Morgan fingerprint density at radius 1 is 1.37 bits per heavy atom. The summed E-state index contributed by atoms with van der Waals surface area (Å²) in [6.45, 7) is 3.31. The topological polar surface area (TPSA) is 66.4 Å². The highest BCUT2D eigenvalue weighted by Crippen LogP contribution is 2.20. The smallest absolute Gasteiger partial charge is 0.243 e. The molecule has 1 aromatic carbocycles. The minimum absolute atomic E-state index is 0.00261. The summed E-state index contributed by atoms with van der Waals surface area (Å²) in [7, 11) is -4.13. The van der Waals surface area contributed by atoms with Crippen molar-refractivity contribution in [3.63, 3.8) is 0 Å². The van der Waals surface area contributed by atoms with Gasteiger partial charge in [-0.05, 0) is 23.6 Å². The molecule has 1 aromatic rings. The highest BCUT2D eigenvalue weighted by atomic mass is 32.2. The zero-order valence-electron chi connectivity index (χ0n) is 10.8. The molecule has 19 heavy (non-hydrogen) atoms. The van der Waals surface area contributed by atoms with Crippen molar-refractivity contribution >= 4 is 10.0 Å². The highest BCUT2D eigenvalue weighted by molar-refractivity contribution is 7.89. The summed E-state index contributed by atoms with van der Waals surface area (Å²) in [5, 5.41) is 8.89. The van der Waals surface area contributed by atoms with E-state index in [9.17, 15) is 17.2 Å². The SMILES string of the molecule is CCC(C)CNS(=O)(=O)c1cc(CO)cc(F)c1F. The average Bonchev–Trinajstić information content (AvgIpc) is 2.38. The lowest BCUT2D eigenvalue weighted by atomic mass is 10.1. The van der Waals surface area contributed by atoms with Crippen LogP contribution in [-0.4, -0.2) is 20.1 Å². The standard InChI is InChI=1S/C12H17F2NO3S/c1-3-8(2)6-15-19(17,18)11-5-9(7-16)4-10(13)12(11)14/h4-5,8,15-16H,3,6-7H2,1-2H3. The van der Waals surface area contributed by atoms with E-state index in [1.54, 1.807) is 0 Å². The Kier molecular flexibility index (Phi) is 5.39. The Morgan fingerprint density at radius 3 is 2.53 bits per heavy atom. The fraction of sp³-hybridized carbons (Fsp3) is 0.500. The van der Waals surface area contributed by atoms with Gasteiger partial charge in [-0.2, -0.15) is 0 Å². The molecule has 0 aliphatic rings. The molecule has 0 saturated carbocycles. The molecule has 0 radical (unpaired) electrons. The number of hydrogen-bond acceptors (Lipinski definition) is 3. The normalized spacial score (nSPS) is 13.5. The van der Waals surface area contributed by atoms with E-state index in [-0.39, 0.29) is 18.0 Å². The number of sulfonamides is 1. The largest absolute Gasteiger partial charge is 0.392 e. The van der Waals surface area contributed by atoms with Crippen LogP contribution < -0.4 is 4.72 Å². The van der Waals surface area contributed by atoms with Crippen LogP contribution in [0.1, 0.15) is 25.8 Å². The maximum atomic E-state index is 13.5. The summed E-state index contributed by atoms with van der Waals surface area (Å²) in [5.74, 6) is -2.65. The van der Waals surface area contributed by atoms with Crippen molar-refractivity contribution in [2.75, 3.05) is 6.54 Å². The molecule has 0 aromatic heterocycles. The first-order valence-electron chi connectivity index (χ1n) is 5.90. The quantitative estimate of drug-likeness (QED) is 0.840. The zero-order valence-corrected chi connectivity index (χ0v) is 11.6. The van der Waals surface area contributed by atoms with Gasteiger partial charge in [-0.15, -0.1) is 0 Å². The van der Waals surface area contributed by atoms with Gasteiger partial charge in [-0.1, -0.05) is 20.3 Å². The molecule has 7 heteroatoms. The number of halogens is 2. The molecule has 1 unspecified atom stereocenters. The van der Waals surface area contributed by atoms with Crippen LogP contribution in [0, 0.1) is 17.6 Å². The second kappa shape index (κ2) is 6.40. The van der Waals surface area contributed by atoms with Crippen molar-refractivity contribution in [1.29, 1.82) is 0 Å². The third-order valence-corrected chi connectivity index (χ3v) is 4.27. The Hall–Kier alpha value is -1.05. The lowest BCUT2D eigenvalue weighted by Gasteiger charge is -2.12. The minimum atomic E-state index is -4.13. The van der Waals surface area contributed by atoms with Crippen molar-refractivity contribution in [2.24, 2.45) is 5.92 Å². The number of benzene rings is 1. The number of aliphatic hydroxyl groups is 1. The second-order valence-corrected chi connectivity index (χ2v) is 6.15. The molecule has 0 amide bonds. The van der Waals surface area contributed by atoms with Crippen molar-refractivity contribution in [2.45, 2.75) is 31.8 Å². The molecule has 0 saturated heterocycles. The van der Waals surface area contributed by atoms with Gasteiger partial charge in [0.15, 0.2) is 11.6 Å². The van der Waals surface area contributed by atoms with Gasteiger partial charge in [0.1, 0.15) is 4.90 Å². The summed E-state index contributed by atoms with van der Waals surface area (Å²) in [6.07, 6.45) is 0.760. The average molecular weight is 293 g/mol. The Morgan fingerprint density at radius 2 is 2.00 bits per heavy atom. The summed E-state index contributed by atoms with van der Waals surface area (Å²) in [5.41, 5.74) is 0.00261. The summed E-state index contributed by atoms with van der Waals surface area (Å²) < 4.78 is 52.8. The number of hydrogen-bond donors (Lipinski definition) is 2. The first-order chi connectivity index (χ1) is 8.81. The van der Waals surface area contributed by atoms with Crippen LogP contribution in [0.4, 0.5) is 8.78 Å². The number of aliphatic hydroxyl groups excluding tert-OH is 1. The lowest BCUT2D eigenvalue weighted by Crippen LogP contribution is -2.29. The van der Waals surface area contributed by atoms with Crippen LogP contribution in [0.15, 0.2) is 17.0 Å². The van der Waals surface area contributed by atoms with Gasteiger partial charge in [0.05, 0.1) is 6.61 Å². The summed E-state index contributed by atoms with van der Waals surface area (Å²) >= 11 is 0. The molecule has 0 aliphatic carbocycles. The van der Waals surface area contributed by atoms with Crippen LogP contribution >= 0.6 is 0 Å². The van der Waals surface area contributed by atoms with Crippen LogP contribution in [0.3, 0.4) is 0 Å². The van der Waals surface area contributed by atoms with Crippen LogP contribution in [0.5, 0.6) is 0 Å². The highest BCUT2D eigenvalue weighted by Gasteiger charge is 2.23. The molecule has 1 atom stereocenters. The predicted octanol–water partition coefficient (Wildman–Crippen LogP) is 1.78. The van der Waals surface area contributed by atoms with Crippen molar-refractivity contribution in [1.82, 2.24) is 4.72 Å². The molecule has 2 N–H and O–H groups in total. The molecule has 0 fully saturated rings. The van der Waals surface area contributed by atoms with Gasteiger partial charge >= 0.3 is 0 Å². The van der Waals surface area contributed by atoms with Crippen LogP contribution in [0.2, 0.25) is 0 Å². The van der Waals surface area contributed by atoms with E-state index in [0.29, 0.717) is 0 Å². The molecule has 1 rings (SSSR count). The van der Waals surface area contributed by atoms with Crippen LogP contribution in [0.25, 0.3) is 0 Å². The third-order valence-electron chi connectivity index (χ3n) is 2.85. The second-order valence-electron chi connectivity index (χ2n) is 4.41. The molecule has 0 aliphatic heterocycles. The van der Waals surface area contributed by atoms with Crippen molar-refractivity contribution in [3.8, 4) is 0 Å². The Labute approximate surface area is 111 Å². The van der Waals surface area contributed by atoms with E-state index in [2.05, 4.69) is 4.72 Å². The number of rotatable bonds is 6. The molecular formula is C12H17F2NO3S. The first kappa shape index (κ1) is 16.0. The molecular weight excluding hydrogens is 276 g/mol. The van der Waals surface area contributed by atoms with Crippen molar-refractivity contribution in [3.05, 3.63) is 29.3 Å². The molecule has 0 spiro atoms. The predicted molar refractivity (Wildman–Crippen MR) is 66.9 cm³/mol. The maximum Gasteiger partial charge on any atom is 0.243 e. The van der Waals surface area contributed by atoms with E-state index >= 15 is 0 Å². The fourth-order valence-corrected chi connectivity index (χ4v) is 2.68. The fourth-order valence-electron chi connectivity index (χ4n) is 1.38. The van der Waals surface area contributed by atoms with E-state index in [1.165, 1.54) is 0 Å². The van der Waals surface area contributed by atoms with E-state index in [0.717, 1.165) is 18.6 Å². The third kappa shape index (κ3) is 3.95. The van der Waals surface area contributed by atoms with E-state index in [4.69, 9.17) is 5.11 Å². The van der Waals surface area contributed by atoms with Gasteiger partial charge in [-0.3, -0.25) is 0 Å². The number of nitrogens with one attached hydrogen (secondary N) is 1. The van der Waals surface area contributed by atoms with Gasteiger partial charge in [0, 0.05) is 6.54 Å². The van der Waals surface area contributed by atoms with Crippen LogP contribution in [-0.2, 0) is 16.6 Å². The molecule has 0 bridgehead atoms. The maximum absolute atomic E-state index is 13.5. The zero-order chi connectivity index (χ0) is 14.6. The van der Waals surface area contributed by atoms with Gasteiger partial charge in [-0.25, -0.2) is 21.9 Å².